The van der Waals surface area contributed by atoms with Crippen LogP contribution in [0.15, 0.2) is 75.6 Å². The van der Waals surface area contributed by atoms with Crippen molar-refractivity contribution in [3.8, 4) is 0 Å². The zero-order valence-electron chi connectivity index (χ0n) is 16.0. The average molecular weight is 364 g/mol. The molecule has 0 saturated carbocycles. The molecular weight excluding hydrogens is 344 g/mol. The Bertz CT molecular complexity index is 1410. The molecular formula is C26H20O2. The van der Waals surface area contributed by atoms with Gasteiger partial charge in [0.05, 0.1) is 0 Å². The number of allylic oxidation sites excluding steroid dienone is 1. The van der Waals surface area contributed by atoms with Crippen molar-refractivity contribution >= 4 is 38.5 Å². The molecule has 0 fully saturated rings. The first kappa shape index (κ1) is 15.8. The topological polar surface area (TPSA) is 26.3 Å². The van der Waals surface area contributed by atoms with E-state index in [1.165, 1.54) is 33.0 Å². The highest BCUT2D eigenvalue weighted by molar-refractivity contribution is 6.07. The fraction of sp³-hybridized carbons (Fsp3) is 0.154. The predicted molar refractivity (Wildman–Crippen MR) is 115 cm³/mol. The van der Waals surface area contributed by atoms with Crippen LogP contribution in [0.1, 0.15) is 29.4 Å². The molecule has 0 amide bonds. The number of rotatable bonds is 1. The summed E-state index contributed by atoms with van der Waals surface area (Å²) >= 11 is 0. The van der Waals surface area contributed by atoms with Gasteiger partial charge in [-0.1, -0.05) is 55.5 Å². The second-order valence-electron chi connectivity index (χ2n) is 7.93. The molecule has 1 aliphatic rings. The van der Waals surface area contributed by atoms with Crippen LogP contribution >= 0.6 is 0 Å². The third kappa shape index (κ3) is 2.15. The monoisotopic (exact) mass is 364 g/mol. The Morgan fingerprint density at radius 3 is 2.57 bits per heavy atom. The molecule has 2 heterocycles. The SMILES string of the molecule is Cc1cccc2c1oc1ccc(C3=C[C@@H](C)Cc4c3oc3ccccc43)cc12. The zero-order valence-corrected chi connectivity index (χ0v) is 16.0. The molecule has 0 aliphatic heterocycles. The van der Waals surface area contributed by atoms with Crippen LogP contribution in [0.3, 0.4) is 0 Å². The highest BCUT2D eigenvalue weighted by Gasteiger charge is 2.25. The Morgan fingerprint density at radius 2 is 1.64 bits per heavy atom. The van der Waals surface area contributed by atoms with Gasteiger partial charge in [0.1, 0.15) is 22.5 Å². The minimum absolute atomic E-state index is 0.475. The maximum Gasteiger partial charge on any atom is 0.138 e. The van der Waals surface area contributed by atoms with Crippen LogP contribution in [0, 0.1) is 12.8 Å². The van der Waals surface area contributed by atoms with Crippen molar-refractivity contribution in [3.63, 3.8) is 0 Å². The van der Waals surface area contributed by atoms with Crippen LogP contribution in [-0.4, -0.2) is 0 Å². The minimum atomic E-state index is 0.475. The normalized spacial score (nSPS) is 16.6. The second kappa shape index (κ2) is 5.62. The molecule has 136 valence electrons. The summed E-state index contributed by atoms with van der Waals surface area (Å²) < 4.78 is 12.4. The summed E-state index contributed by atoms with van der Waals surface area (Å²) in [6, 6.07) is 21.2. The Morgan fingerprint density at radius 1 is 0.821 bits per heavy atom. The van der Waals surface area contributed by atoms with E-state index in [-0.39, 0.29) is 0 Å². The lowest BCUT2D eigenvalue weighted by Gasteiger charge is -2.18. The third-order valence-corrected chi connectivity index (χ3v) is 5.92. The number of fused-ring (bicyclic) bond motifs is 6. The van der Waals surface area contributed by atoms with Gasteiger partial charge in [-0.25, -0.2) is 0 Å². The molecule has 1 aliphatic carbocycles. The number of furan rings is 2. The van der Waals surface area contributed by atoms with Crippen molar-refractivity contribution < 1.29 is 8.83 Å². The molecule has 5 aromatic rings. The predicted octanol–water partition coefficient (Wildman–Crippen LogP) is 7.26. The first-order valence-corrected chi connectivity index (χ1v) is 9.84. The average Bonchev–Trinajstić information content (AvgIpc) is 3.26. The van der Waals surface area contributed by atoms with Crippen molar-refractivity contribution in [1.82, 2.24) is 0 Å². The zero-order chi connectivity index (χ0) is 18.8. The third-order valence-electron chi connectivity index (χ3n) is 5.92. The fourth-order valence-corrected chi connectivity index (χ4v) is 4.59. The highest BCUT2D eigenvalue weighted by atomic mass is 16.3. The molecule has 0 spiro atoms. The summed E-state index contributed by atoms with van der Waals surface area (Å²) in [6.07, 6.45) is 3.37. The lowest BCUT2D eigenvalue weighted by atomic mass is 9.86. The quantitative estimate of drug-likeness (QED) is 0.313. The Labute approximate surface area is 163 Å². The van der Waals surface area contributed by atoms with Crippen LogP contribution < -0.4 is 0 Å². The molecule has 6 rings (SSSR count). The van der Waals surface area contributed by atoms with E-state index in [2.05, 4.69) is 74.5 Å². The van der Waals surface area contributed by atoms with E-state index in [4.69, 9.17) is 8.83 Å². The standard InChI is InChI=1S/C26H20O2/c1-15-12-20(26-22(13-15)18-7-3-4-9-23(18)28-26)17-10-11-24-21(14-17)19-8-5-6-16(2)25(19)27-24/h3-12,14-15H,13H2,1-2H3/t15-/m1/s1. The number of hydrogen-bond donors (Lipinski definition) is 0. The Kier molecular flexibility index (Phi) is 3.16. The molecule has 3 aromatic carbocycles. The van der Waals surface area contributed by atoms with Gasteiger partial charge in [-0.3, -0.25) is 0 Å². The van der Waals surface area contributed by atoms with Gasteiger partial charge in [-0.15, -0.1) is 0 Å². The first-order valence-electron chi connectivity index (χ1n) is 9.84. The van der Waals surface area contributed by atoms with Crippen LogP contribution in [-0.2, 0) is 6.42 Å². The van der Waals surface area contributed by atoms with Gasteiger partial charge >= 0.3 is 0 Å². The van der Waals surface area contributed by atoms with Gasteiger partial charge in [0.15, 0.2) is 0 Å². The summed E-state index contributed by atoms with van der Waals surface area (Å²) in [4.78, 5) is 0. The van der Waals surface area contributed by atoms with Gasteiger partial charge in [-0.05, 0) is 48.6 Å². The van der Waals surface area contributed by atoms with Crippen molar-refractivity contribution in [2.75, 3.05) is 0 Å². The summed E-state index contributed by atoms with van der Waals surface area (Å²) in [5.41, 5.74) is 7.75. The van der Waals surface area contributed by atoms with Crippen molar-refractivity contribution in [2.24, 2.45) is 5.92 Å². The molecule has 0 N–H and O–H groups in total. The lowest BCUT2D eigenvalue weighted by Crippen LogP contribution is -2.06. The van der Waals surface area contributed by atoms with E-state index < -0.39 is 0 Å². The van der Waals surface area contributed by atoms with E-state index in [1.54, 1.807) is 0 Å². The van der Waals surface area contributed by atoms with Crippen molar-refractivity contribution in [1.29, 1.82) is 0 Å². The van der Waals surface area contributed by atoms with Crippen molar-refractivity contribution in [2.45, 2.75) is 20.3 Å². The number of benzene rings is 3. The Balaban J connectivity index is 1.61. The molecule has 2 heteroatoms. The summed E-state index contributed by atoms with van der Waals surface area (Å²) in [5, 5.41) is 3.57. The smallest absolute Gasteiger partial charge is 0.138 e. The van der Waals surface area contributed by atoms with Crippen LogP contribution in [0.2, 0.25) is 0 Å². The van der Waals surface area contributed by atoms with E-state index in [0.717, 1.165) is 34.3 Å². The molecule has 2 nitrogen and oxygen atoms in total. The van der Waals surface area contributed by atoms with Gasteiger partial charge in [0.25, 0.3) is 0 Å². The van der Waals surface area contributed by atoms with Crippen LogP contribution in [0.25, 0.3) is 38.5 Å². The summed E-state index contributed by atoms with van der Waals surface area (Å²) in [6.45, 7) is 4.37. The molecule has 0 saturated heterocycles. The molecule has 0 unspecified atom stereocenters. The summed E-state index contributed by atoms with van der Waals surface area (Å²) in [7, 11) is 0. The second-order valence-corrected chi connectivity index (χ2v) is 7.93. The molecule has 0 radical (unpaired) electrons. The van der Waals surface area contributed by atoms with Crippen molar-refractivity contribution in [3.05, 3.63) is 89.2 Å². The minimum Gasteiger partial charge on any atom is -0.456 e. The van der Waals surface area contributed by atoms with Crippen LogP contribution in [0.4, 0.5) is 0 Å². The summed E-state index contributed by atoms with van der Waals surface area (Å²) in [5.74, 6) is 1.49. The van der Waals surface area contributed by atoms with E-state index in [9.17, 15) is 0 Å². The fourth-order valence-electron chi connectivity index (χ4n) is 4.59. The lowest BCUT2D eigenvalue weighted by molar-refractivity contribution is 0.579. The van der Waals surface area contributed by atoms with Gasteiger partial charge in [0, 0.05) is 27.3 Å². The van der Waals surface area contributed by atoms with E-state index >= 15 is 0 Å². The molecule has 0 bridgehead atoms. The molecule has 28 heavy (non-hydrogen) atoms. The number of hydrogen-bond acceptors (Lipinski definition) is 2. The van der Waals surface area contributed by atoms with Gasteiger partial charge in [-0.2, -0.15) is 0 Å². The van der Waals surface area contributed by atoms with Crippen LogP contribution in [0.5, 0.6) is 0 Å². The molecule has 2 aromatic heterocycles. The van der Waals surface area contributed by atoms with Gasteiger partial charge < -0.3 is 8.83 Å². The van der Waals surface area contributed by atoms with Gasteiger partial charge in [0.2, 0.25) is 0 Å². The Hall–Kier alpha value is -3.26. The first-order chi connectivity index (χ1) is 13.7. The largest absolute Gasteiger partial charge is 0.456 e. The number of para-hydroxylation sites is 2. The highest BCUT2D eigenvalue weighted by Crippen LogP contribution is 2.41. The maximum absolute atomic E-state index is 6.31. The molecule has 1 atom stereocenters. The maximum atomic E-state index is 6.31. The van der Waals surface area contributed by atoms with E-state index in [0.29, 0.717) is 5.92 Å². The van der Waals surface area contributed by atoms with E-state index in [1.807, 2.05) is 6.07 Å². The number of aryl methyl sites for hydroxylation is 1.